The maximum atomic E-state index is 12.8. The van der Waals surface area contributed by atoms with Crippen molar-refractivity contribution in [2.24, 2.45) is 0 Å². The molecule has 2 aromatic heterocycles. The second-order valence-corrected chi connectivity index (χ2v) is 9.01. The molecule has 2 amide bonds. The van der Waals surface area contributed by atoms with E-state index in [4.69, 9.17) is 0 Å². The minimum Gasteiger partial charge on any atom is -0.378 e. The van der Waals surface area contributed by atoms with Crippen LogP contribution < -0.4 is 0 Å². The van der Waals surface area contributed by atoms with Gasteiger partial charge in [-0.3, -0.25) is 9.59 Å². The van der Waals surface area contributed by atoms with Crippen molar-refractivity contribution < 1.29 is 28.7 Å². The molecule has 0 atom stereocenters. The van der Waals surface area contributed by atoms with E-state index in [1.54, 1.807) is 12.4 Å². The van der Waals surface area contributed by atoms with Crippen LogP contribution in [0.3, 0.4) is 0 Å². The van der Waals surface area contributed by atoms with Crippen LogP contribution in [0.4, 0.5) is 0 Å². The summed E-state index contributed by atoms with van der Waals surface area (Å²) in [6, 6.07) is 18.8. The Hall–Kier alpha value is -5.91. The number of carbonyl (C=O) groups excluding carboxylic acids is 5. The third-order valence-corrected chi connectivity index (χ3v) is 6.04. The third-order valence-electron chi connectivity index (χ3n) is 6.04. The standard InChI is InChI=1S/C31H26N6O6/c1-2-13-36(20-26-32-16-24(17-33-26)22-9-5-3-6-10-22)28(39)30(41)43-31(42)29(40)37(14-15-38)21-27-34-18-25(19-35-27)23-11-7-4-8-12-23/h2-12,15-19H,1,13-14,20-21H2. The van der Waals surface area contributed by atoms with Crippen molar-refractivity contribution in [2.45, 2.75) is 13.1 Å². The Balaban J connectivity index is 1.37. The fourth-order valence-electron chi connectivity index (χ4n) is 3.89. The van der Waals surface area contributed by atoms with Crippen LogP contribution in [0.1, 0.15) is 11.6 Å². The highest BCUT2D eigenvalue weighted by Crippen LogP contribution is 2.18. The molecule has 0 fully saturated rings. The van der Waals surface area contributed by atoms with Gasteiger partial charge in [0.2, 0.25) is 0 Å². The molecular weight excluding hydrogens is 552 g/mol. The zero-order valence-corrected chi connectivity index (χ0v) is 22.9. The van der Waals surface area contributed by atoms with Crippen LogP contribution in [0.5, 0.6) is 0 Å². The molecule has 12 nitrogen and oxygen atoms in total. The molecule has 43 heavy (non-hydrogen) atoms. The van der Waals surface area contributed by atoms with E-state index in [-0.39, 0.29) is 31.3 Å². The van der Waals surface area contributed by atoms with Crippen LogP contribution in [0.15, 0.2) is 98.1 Å². The highest BCUT2D eigenvalue weighted by molar-refractivity contribution is 6.41. The number of hydrogen-bond acceptors (Lipinski definition) is 10. The second-order valence-electron chi connectivity index (χ2n) is 9.01. The molecule has 0 aliphatic rings. The molecule has 2 heterocycles. The van der Waals surface area contributed by atoms with Gasteiger partial charge in [-0.1, -0.05) is 66.7 Å². The zero-order valence-electron chi connectivity index (χ0n) is 22.9. The molecule has 0 saturated heterocycles. The number of nitrogens with zero attached hydrogens (tertiary/aromatic N) is 6. The Labute approximate surface area is 246 Å². The molecule has 0 radical (unpaired) electrons. The van der Waals surface area contributed by atoms with E-state index in [1.165, 1.54) is 18.5 Å². The highest BCUT2D eigenvalue weighted by Gasteiger charge is 2.31. The van der Waals surface area contributed by atoms with Gasteiger partial charge in [0.05, 0.1) is 19.6 Å². The van der Waals surface area contributed by atoms with Gasteiger partial charge in [-0.15, -0.1) is 6.58 Å². The lowest BCUT2D eigenvalue weighted by Crippen LogP contribution is -2.43. The number of benzene rings is 2. The first-order valence-corrected chi connectivity index (χ1v) is 13.0. The topological polar surface area (TPSA) is 153 Å². The molecule has 216 valence electrons. The van der Waals surface area contributed by atoms with Crippen molar-refractivity contribution in [1.82, 2.24) is 29.7 Å². The normalized spacial score (nSPS) is 10.3. The fraction of sp³-hybridized carbons (Fsp3) is 0.129. The predicted molar refractivity (Wildman–Crippen MR) is 153 cm³/mol. The fourth-order valence-corrected chi connectivity index (χ4v) is 3.89. The van der Waals surface area contributed by atoms with E-state index in [0.29, 0.717) is 6.29 Å². The van der Waals surface area contributed by atoms with Crippen LogP contribution in [-0.2, 0) is 41.8 Å². The van der Waals surface area contributed by atoms with Gasteiger partial charge in [0.25, 0.3) is 0 Å². The van der Waals surface area contributed by atoms with E-state index < -0.39 is 30.3 Å². The molecule has 4 aromatic rings. The Morgan fingerprint density at radius 2 is 1.02 bits per heavy atom. The van der Waals surface area contributed by atoms with Gasteiger partial charge < -0.3 is 19.3 Å². The maximum absolute atomic E-state index is 12.8. The molecule has 4 rings (SSSR count). The number of amides is 2. The number of esters is 2. The number of ether oxygens (including phenoxy) is 1. The van der Waals surface area contributed by atoms with Crippen molar-refractivity contribution in [3.05, 3.63) is 110 Å². The SMILES string of the molecule is C=CCN(Cc1ncc(-c2ccccc2)cn1)C(=O)C(=O)OC(=O)C(=O)N(CC=O)Cc1ncc(-c2ccccc2)cn1. The third kappa shape index (κ3) is 8.07. The van der Waals surface area contributed by atoms with Gasteiger partial charge in [-0.25, -0.2) is 29.5 Å². The molecule has 2 aromatic carbocycles. The molecule has 0 spiro atoms. The van der Waals surface area contributed by atoms with E-state index in [9.17, 15) is 24.0 Å². The summed E-state index contributed by atoms with van der Waals surface area (Å²) in [5, 5.41) is 0. The van der Waals surface area contributed by atoms with Crippen LogP contribution in [0, 0.1) is 0 Å². The van der Waals surface area contributed by atoms with Gasteiger partial charge in [-0.2, -0.15) is 0 Å². The molecule has 0 N–H and O–H groups in total. The Kier molecular flexibility index (Phi) is 10.2. The second kappa shape index (κ2) is 14.6. The predicted octanol–water partition coefficient (Wildman–Crippen LogP) is 2.41. The molecule has 0 saturated carbocycles. The zero-order chi connectivity index (χ0) is 30.6. The van der Waals surface area contributed by atoms with Crippen LogP contribution in [0.2, 0.25) is 0 Å². The first-order chi connectivity index (χ1) is 20.9. The number of aldehydes is 1. The maximum Gasteiger partial charge on any atom is 0.405 e. The number of carbonyl (C=O) groups is 5. The summed E-state index contributed by atoms with van der Waals surface area (Å²) in [6.45, 7) is 2.48. The van der Waals surface area contributed by atoms with Crippen molar-refractivity contribution in [3.8, 4) is 22.3 Å². The van der Waals surface area contributed by atoms with E-state index in [0.717, 1.165) is 32.1 Å². The van der Waals surface area contributed by atoms with Gasteiger partial charge in [0.15, 0.2) is 0 Å². The largest absolute Gasteiger partial charge is 0.405 e. The molecular formula is C31H26N6O6. The van der Waals surface area contributed by atoms with Crippen molar-refractivity contribution in [1.29, 1.82) is 0 Å². The summed E-state index contributed by atoms with van der Waals surface area (Å²) in [5.74, 6) is -5.39. The van der Waals surface area contributed by atoms with Crippen molar-refractivity contribution in [2.75, 3.05) is 13.1 Å². The van der Waals surface area contributed by atoms with Gasteiger partial charge in [0.1, 0.15) is 17.9 Å². The number of rotatable bonds is 10. The summed E-state index contributed by atoms with van der Waals surface area (Å²) in [7, 11) is 0. The van der Waals surface area contributed by atoms with Crippen molar-refractivity contribution in [3.63, 3.8) is 0 Å². The molecule has 0 unspecified atom stereocenters. The van der Waals surface area contributed by atoms with Crippen LogP contribution in [-0.4, -0.2) is 72.9 Å². The minimum absolute atomic E-state index is 0.0898. The smallest absolute Gasteiger partial charge is 0.378 e. The van der Waals surface area contributed by atoms with Gasteiger partial charge >= 0.3 is 23.8 Å². The van der Waals surface area contributed by atoms with Gasteiger partial charge in [0, 0.05) is 42.5 Å². The highest BCUT2D eigenvalue weighted by atomic mass is 16.6. The summed E-state index contributed by atoms with van der Waals surface area (Å²) in [6.07, 6.45) is 7.99. The Morgan fingerprint density at radius 3 is 1.40 bits per heavy atom. The van der Waals surface area contributed by atoms with E-state index in [1.807, 2.05) is 60.7 Å². The number of aromatic nitrogens is 4. The van der Waals surface area contributed by atoms with Gasteiger partial charge in [-0.05, 0) is 11.1 Å². The molecule has 0 aliphatic heterocycles. The summed E-state index contributed by atoms with van der Waals surface area (Å²) >= 11 is 0. The lowest BCUT2D eigenvalue weighted by molar-refractivity contribution is -0.173. The number of hydrogen-bond donors (Lipinski definition) is 0. The van der Waals surface area contributed by atoms with E-state index in [2.05, 4.69) is 31.3 Å². The average Bonchev–Trinajstić information content (AvgIpc) is 3.05. The minimum atomic E-state index is -1.64. The molecule has 0 aliphatic carbocycles. The lowest BCUT2D eigenvalue weighted by Gasteiger charge is -2.20. The van der Waals surface area contributed by atoms with Crippen LogP contribution in [0.25, 0.3) is 22.3 Å². The first-order valence-electron chi connectivity index (χ1n) is 13.0. The average molecular weight is 579 g/mol. The Morgan fingerprint density at radius 1 is 0.628 bits per heavy atom. The summed E-state index contributed by atoms with van der Waals surface area (Å²) < 4.78 is 4.57. The molecule has 12 heteroatoms. The summed E-state index contributed by atoms with van der Waals surface area (Å²) in [4.78, 5) is 80.5. The summed E-state index contributed by atoms with van der Waals surface area (Å²) in [5.41, 5.74) is 3.26. The molecule has 0 bridgehead atoms. The first kappa shape index (κ1) is 30.1. The monoisotopic (exact) mass is 578 g/mol. The van der Waals surface area contributed by atoms with Crippen LogP contribution >= 0.6 is 0 Å². The Bertz CT molecular complexity index is 1470. The quantitative estimate of drug-likeness (QED) is 0.0901. The van der Waals surface area contributed by atoms with E-state index >= 15 is 0 Å². The lowest BCUT2D eigenvalue weighted by atomic mass is 10.1. The van der Waals surface area contributed by atoms with Crippen molar-refractivity contribution >= 4 is 30.0 Å².